The van der Waals surface area contributed by atoms with E-state index >= 15 is 0 Å². The molecule has 0 aliphatic carbocycles. The minimum Gasteiger partial charge on any atom is -0.481 e. The van der Waals surface area contributed by atoms with E-state index in [9.17, 15) is 19.5 Å². The second kappa shape index (κ2) is 7.92. The maximum Gasteiger partial charge on any atom is 0.311 e. The Hall–Kier alpha value is -2.41. The predicted octanol–water partition coefficient (Wildman–Crippen LogP) is 0.934. The van der Waals surface area contributed by atoms with Gasteiger partial charge in [-0.15, -0.1) is 0 Å². The van der Waals surface area contributed by atoms with E-state index in [-0.39, 0.29) is 18.4 Å². The van der Waals surface area contributed by atoms with Crippen LogP contribution in [0.15, 0.2) is 24.3 Å². The van der Waals surface area contributed by atoms with E-state index in [1.165, 1.54) is 6.92 Å². The summed E-state index contributed by atoms with van der Waals surface area (Å²) in [6.07, 6.45) is 0.774. The monoisotopic (exact) mass is 334 g/mol. The molecule has 2 rings (SSSR count). The molecule has 0 atom stereocenters. The highest BCUT2D eigenvalue weighted by molar-refractivity contribution is 5.94. The van der Waals surface area contributed by atoms with Crippen molar-refractivity contribution in [2.75, 3.05) is 19.8 Å². The largest absolute Gasteiger partial charge is 0.481 e. The van der Waals surface area contributed by atoms with Gasteiger partial charge in [0.2, 0.25) is 5.91 Å². The van der Waals surface area contributed by atoms with Crippen LogP contribution in [0, 0.1) is 5.41 Å². The topological polar surface area (TPSA) is 105 Å². The third-order valence-electron chi connectivity index (χ3n) is 4.25. The van der Waals surface area contributed by atoms with Gasteiger partial charge >= 0.3 is 5.97 Å². The summed E-state index contributed by atoms with van der Waals surface area (Å²) in [7, 11) is 0. The standard InChI is InChI=1S/C17H22N2O5/c1-12(20)18-10-13-2-4-14(5-3-13)15(21)19-11-17(16(22)23)6-8-24-9-7-17/h2-5H,6-11H2,1H3,(H,18,20)(H,19,21)(H,22,23). The number of carboxylic acid groups (broad SMARTS) is 1. The van der Waals surface area contributed by atoms with Crippen molar-refractivity contribution in [3.05, 3.63) is 35.4 Å². The summed E-state index contributed by atoms with van der Waals surface area (Å²) in [6.45, 7) is 2.70. The first kappa shape index (κ1) is 17.9. The summed E-state index contributed by atoms with van der Waals surface area (Å²) in [5.41, 5.74) is 0.376. The summed E-state index contributed by atoms with van der Waals surface area (Å²) in [4.78, 5) is 34.7. The lowest BCUT2D eigenvalue weighted by atomic mass is 9.80. The molecule has 0 spiro atoms. The normalized spacial score (nSPS) is 16.2. The lowest BCUT2D eigenvalue weighted by molar-refractivity contribution is -0.154. The van der Waals surface area contributed by atoms with E-state index < -0.39 is 11.4 Å². The van der Waals surface area contributed by atoms with Gasteiger partial charge < -0.3 is 20.5 Å². The molecule has 1 aliphatic heterocycles. The van der Waals surface area contributed by atoms with Gasteiger partial charge in [-0.25, -0.2) is 0 Å². The number of carbonyl (C=O) groups is 3. The fraction of sp³-hybridized carbons (Fsp3) is 0.471. The highest BCUT2D eigenvalue weighted by Crippen LogP contribution is 2.30. The molecule has 0 unspecified atom stereocenters. The Morgan fingerprint density at radius 1 is 1.12 bits per heavy atom. The number of hydrogen-bond acceptors (Lipinski definition) is 4. The molecule has 1 heterocycles. The number of nitrogens with one attached hydrogen (secondary N) is 2. The van der Waals surface area contributed by atoms with E-state index in [4.69, 9.17) is 4.74 Å². The third-order valence-corrected chi connectivity index (χ3v) is 4.25. The van der Waals surface area contributed by atoms with Gasteiger partial charge in [-0.3, -0.25) is 14.4 Å². The highest BCUT2D eigenvalue weighted by Gasteiger charge is 2.40. The second-order valence-corrected chi connectivity index (χ2v) is 5.99. The van der Waals surface area contributed by atoms with Crippen LogP contribution < -0.4 is 10.6 Å². The molecule has 1 aromatic carbocycles. The Morgan fingerprint density at radius 3 is 2.29 bits per heavy atom. The van der Waals surface area contributed by atoms with Crippen LogP contribution in [0.25, 0.3) is 0 Å². The van der Waals surface area contributed by atoms with Crippen molar-refractivity contribution in [3.63, 3.8) is 0 Å². The van der Waals surface area contributed by atoms with Gasteiger partial charge in [-0.05, 0) is 30.5 Å². The maximum absolute atomic E-state index is 12.2. The number of carbonyl (C=O) groups excluding carboxylic acids is 2. The van der Waals surface area contributed by atoms with Gasteiger partial charge in [0.1, 0.15) is 0 Å². The van der Waals surface area contributed by atoms with Gasteiger partial charge in [0.15, 0.2) is 0 Å². The first-order valence-corrected chi connectivity index (χ1v) is 7.86. The van der Waals surface area contributed by atoms with Gasteiger partial charge in [0.05, 0.1) is 5.41 Å². The summed E-state index contributed by atoms with van der Waals surface area (Å²) >= 11 is 0. The summed E-state index contributed by atoms with van der Waals surface area (Å²) < 4.78 is 5.21. The van der Waals surface area contributed by atoms with E-state index in [0.717, 1.165) is 5.56 Å². The zero-order valence-electron chi connectivity index (χ0n) is 13.6. The lowest BCUT2D eigenvalue weighted by Crippen LogP contribution is -2.46. The summed E-state index contributed by atoms with van der Waals surface area (Å²) in [5, 5.41) is 14.9. The highest BCUT2D eigenvalue weighted by atomic mass is 16.5. The van der Waals surface area contributed by atoms with Crippen LogP contribution in [-0.2, 0) is 20.9 Å². The number of hydrogen-bond donors (Lipinski definition) is 3. The lowest BCUT2D eigenvalue weighted by Gasteiger charge is -2.33. The molecule has 3 N–H and O–H groups in total. The van der Waals surface area contributed by atoms with E-state index in [0.29, 0.717) is 38.2 Å². The molecule has 2 amide bonds. The van der Waals surface area contributed by atoms with Crippen LogP contribution in [0.2, 0.25) is 0 Å². The van der Waals surface area contributed by atoms with Gasteiger partial charge in [-0.1, -0.05) is 12.1 Å². The Morgan fingerprint density at radius 2 is 1.75 bits per heavy atom. The van der Waals surface area contributed by atoms with Crippen LogP contribution in [0.5, 0.6) is 0 Å². The van der Waals surface area contributed by atoms with Crippen LogP contribution in [-0.4, -0.2) is 42.6 Å². The molecule has 24 heavy (non-hydrogen) atoms. The molecular weight excluding hydrogens is 312 g/mol. The van der Waals surface area contributed by atoms with Gasteiger partial charge in [0, 0.05) is 38.8 Å². The van der Waals surface area contributed by atoms with Crippen LogP contribution >= 0.6 is 0 Å². The van der Waals surface area contributed by atoms with Crippen molar-refractivity contribution in [1.82, 2.24) is 10.6 Å². The van der Waals surface area contributed by atoms with Crippen molar-refractivity contribution in [3.8, 4) is 0 Å². The molecule has 0 bridgehead atoms. The fourth-order valence-corrected chi connectivity index (χ4v) is 2.58. The van der Waals surface area contributed by atoms with E-state index in [2.05, 4.69) is 10.6 Å². The second-order valence-electron chi connectivity index (χ2n) is 5.99. The maximum atomic E-state index is 12.2. The van der Waals surface area contributed by atoms with Crippen molar-refractivity contribution < 1.29 is 24.2 Å². The van der Waals surface area contributed by atoms with Crippen LogP contribution in [0.3, 0.4) is 0 Å². The van der Waals surface area contributed by atoms with Gasteiger partial charge in [0.25, 0.3) is 5.91 Å². The Kier molecular flexibility index (Phi) is 5.92. The Bertz CT molecular complexity index is 606. The van der Waals surface area contributed by atoms with Crippen LogP contribution in [0.1, 0.15) is 35.7 Å². The smallest absolute Gasteiger partial charge is 0.311 e. The first-order chi connectivity index (χ1) is 11.4. The number of ether oxygens (including phenoxy) is 1. The molecule has 1 fully saturated rings. The summed E-state index contributed by atoms with van der Waals surface area (Å²) in [5.74, 6) is -1.34. The molecule has 0 radical (unpaired) electrons. The van der Waals surface area contributed by atoms with Crippen LogP contribution in [0.4, 0.5) is 0 Å². The molecule has 1 aliphatic rings. The van der Waals surface area contributed by atoms with Crippen molar-refractivity contribution in [2.45, 2.75) is 26.3 Å². The number of amides is 2. The van der Waals surface area contributed by atoms with Crippen molar-refractivity contribution >= 4 is 17.8 Å². The minimum atomic E-state index is -0.959. The molecule has 130 valence electrons. The van der Waals surface area contributed by atoms with E-state index in [1.54, 1.807) is 24.3 Å². The Labute approximate surface area is 140 Å². The number of aliphatic carboxylic acids is 1. The zero-order chi connectivity index (χ0) is 17.6. The van der Waals surface area contributed by atoms with Crippen molar-refractivity contribution in [1.29, 1.82) is 0 Å². The fourth-order valence-electron chi connectivity index (χ4n) is 2.58. The third kappa shape index (κ3) is 4.55. The molecule has 0 saturated carbocycles. The number of benzene rings is 1. The molecule has 7 heteroatoms. The molecule has 7 nitrogen and oxygen atoms in total. The van der Waals surface area contributed by atoms with Crippen molar-refractivity contribution in [2.24, 2.45) is 5.41 Å². The van der Waals surface area contributed by atoms with E-state index in [1.807, 2.05) is 0 Å². The number of rotatable bonds is 6. The molecule has 1 aromatic rings. The van der Waals surface area contributed by atoms with Gasteiger partial charge in [-0.2, -0.15) is 0 Å². The average molecular weight is 334 g/mol. The predicted molar refractivity (Wildman–Crippen MR) is 86.4 cm³/mol. The SMILES string of the molecule is CC(=O)NCc1ccc(C(=O)NCC2(C(=O)O)CCOCC2)cc1. The summed E-state index contributed by atoms with van der Waals surface area (Å²) in [6, 6.07) is 6.83. The minimum absolute atomic E-state index is 0.0815. The zero-order valence-corrected chi connectivity index (χ0v) is 13.6. The molecule has 1 saturated heterocycles. The first-order valence-electron chi connectivity index (χ1n) is 7.86. The average Bonchev–Trinajstić information content (AvgIpc) is 2.59. The molecule has 0 aromatic heterocycles. The number of carboxylic acids is 1. The Balaban J connectivity index is 1.94. The quantitative estimate of drug-likeness (QED) is 0.718. The molecular formula is C17H22N2O5.